The lowest BCUT2D eigenvalue weighted by Gasteiger charge is -2.38. The van der Waals surface area contributed by atoms with E-state index in [9.17, 15) is 14.7 Å². The van der Waals surface area contributed by atoms with Gasteiger partial charge in [0.05, 0.1) is 19.1 Å². The standard InChI is InChI=1S/C18H27F2N4O6P/c1-11(2)24(12(3)4)31(28-9-5-7-21)30-15-14(19)16(29-18(15,20)10-25)23-8-6-13(26)22-17(23)27/h6,8,11-12,14-16,25H,5,9-10H2,1-4H3,(H,22,26,27)/t14-,15+,16?,18-,31?/m1/s1. The molecule has 31 heavy (non-hydrogen) atoms. The van der Waals surface area contributed by atoms with Crippen LogP contribution in [-0.2, 0) is 13.8 Å². The van der Waals surface area contributed by atoms with E-state index >= 15 is 8.78 Å². The minimum Gasteiger partial charge on any atom is -0.390 e. The van der Waals surface area contributed by atoms with Crippen molar-refractivity contribution in [3.63, 3.8) is 0 Å². The van der Waals surface area contributed by atoms with Crippen molar-refractivity contribution in [2.75, 3.05) is 13.2 Å². The van der Waals surface area contributed by atoms with E-state index in [1.165, 1.54) is 0 Å². The van der Waals surface area contributed by atoms with Crippen molar-refractivity contribution in [1.29, 1.82) is 5.26 Å². The molecular formula is C18H27F2N4O6P. The maximum absolute atomic E-state index is 15.4. The number of hydrogen-bond acceptors (Lipinski definition) is 8. The van der Waals surface area contributed by atoms with Crippen molar-refractivity contribution >= 4 is 8.53 Å². The van der Waals surface area contributed by atoms with Gasteiger partial charge in [-0.05, 0) is 27.7 Å². The van der Waals surface area contributed by atoms with Gasteiger partial charge in [-0.3, -0.25) is 14.3 Å². The largest absolute Gasteiger partial charge is 0.390 e. The maximum Gasteiger partial charge on any atom is 0.330 e. The minimum atomic E-state index is -2.97. The van der Waals surface area contributed by atoms with Crippen LogP contribution >= 0.6 is 8.53 Å². The van der Waals surface area contributed by atoms with E-state index < -0.39 is 50.7 Å². The first-order valence-electron chi connectivity index (χ1n) is 9.73. The number of nitrogens with zero attached hydrogens (tertiary/aromatic N) is 3. The topological polar surface area (TPSA) is 130 Å². The molecular weight excluding hydrogens is 437 g/mol. The minimum absolute atomic E-state index is 0.0239. The lowest BCUT2D eigenvalue weighted by Crippen LogP contribution is -2.44. The van der Waals surface area contributed by atoms with E-state index in [1.807, 2.05) is 38.7 Å². The van der Waals surface area contributed by atoms with Crippen LogP contribution in [0.5, 0.6) is 0 Å². The summed E-state index contributed by atoms with van der Waals surface area (Å²) in [5.74, 6) is -2.97. The number of aliphatic hydroxyl groups excluding tert-OH is 1. The first kappa shape index (κ1) is 25.5. The summed E-state index contributed by atoms with van der Waals surface area (Å²) in [6.07, 6.45) is -4.92. The molecule has 0 saturated carbocycles. The van der Waals surface area contributed by atoms with Crippen LogP contribution in [0.25, 0.3) is 0 Å². The molecule has 1 aliphatic heterocycles. The number of rotatable bonds is 10. The molecule has 2 N–H and O–H groups in total. The third-order valence-corrected chi connectivity index (χ3v) is 6.62. The third kappa shape index (κ3) is 5.74. The molecule has 1 saturated heterocycles. The van der Waals surface area contributed by atoms with Crippen molar-refractivity contribution in [1.82, 2.24) is 14.2 Å². The predicted octanol–water partition coefficient (Wildman–Crippen LogP) is 1.72. The molecule has 0 radical (unpaired) electrons. The van der Waals surface area contributed by atoms with E-state index in [-0.39, 0.29) is 25.1 Å². The van der Waals surface area contributed by atoms with Crippen LogP contribution in [0, 0.1) is 11.3 Å². The molecule has 2 heterocycles. The van der Waals surface area contributed by atoms with Gasteiger partial charge in [0.15, 0.2) is 18.5 Å². The highest BCUT2D eigenvalue weighted by Gasteiger charge is 2.60. The van der Waals surface area contributed by atoms with Gasteiger partial charge in [0.2, 0.25) is 0 Å². The molecule has 1 aromatic rings. The smallest absolute Gasteiger partial charge is 0.330 e. The number of nitriles is 1. The number of H-pyrrole nitrogens is 1. The number of aromatic amines is 1. The average molecular weight is 464 g/mol. The highest BCUT2D eigenvalue weighted by atomic mass is 31.2. The van der Waals surface area contributed by atoms with Gasteiger partial charge in [0, 0.05) is 24.3 Å². The van der Waals surface area contributed by atoms with Gasteiger partial charge in [-0.25, -0.2) is 18.2 Å². The van der Waals surface area contributed by atoms with Gasteiger partial charge in [0.25, 0.3) is 19.9 Å². The number of ether oxygens (including phenoxy) is 1. The Bertz CT molecular complexity index is 883. The summed E-state index contributed by atoms with van der Waals surface area (Å²) in [7, 11) is -2.05. The monoisotopic (exact) mass is 464 g/mol. The second kappa shape index (κ2) is 10.7. The van der Waals surface area contributed by atoms with E-state index in [4.69, 9.17) is 19.0 Å². The average Bonchev–Trinajstić information content (AvgIpc) is 2.93. The van der Waals surface area contributed by atoms with Gasteiger partial charge in [-0.1, -0.05) is 0 Å². The Morgan fingerprint density at radius 1 is 1.42 bits per heavy atom. The molecule has 2 unspecified atom stereocenters. The van der Waals surface area contributed by atoms with Crippen molar-refractivity contribution in [2.24, 2.45) is 0 Å². The Hall–Kier alpha value is -1.74. The Morgan fingerprint density at radius 3 is 2.58 bits per heavy atom. The molecule has 10 nitrogen and oxygen atoms in total. The van der Waals surface area contributed by atoms with Crippen LogP contribution in [0.1, 0.15) is 40.3 Å². The van der Waals surface area contributed by atoms with Gasteiger partial charge >= 0.3 is 5.69 Å². The molecule has 174 valence electrons. The van der Waals surface area contributed by atoms with Crippen LogP contribution in [0.3, 0.4) is 0 Å². The summed E-state index contributed by atoms with van der Waals surface area (Å²) >= 11 is 0. The molecule has 0 aliphatic carbocycles. The molecule has 2 rings (SSSR count). The van der Waals surface area contributed by atoms with E-state index in [0.29, 0.717) is 4.57 Å². The van der Waals surface area contributed by atoms with E-state index in [1.54, 1.807) is 4.67 Å². The number of alkyl halides is 2. The summed E-state index contributed by atoms with van der Waals surface area (Å²) in [5, 5.41) is 18.4. The quantitative estimate of drug-likeness (QED) is 0.396. The number of aliphatic hydroxyl groups is 1. The van der Waals surface area contributed by atoms with Crippen LogP contribution in [0.4, 0.5) is 8.78 Å². The zero-order valence-corrected chi connectivity index (χ0v) is 18.6. The van der Waals surface area contributed by atoms with Gasteiger partial charge in [-0.15, -0.1) is 0 Å². The molecule has 0 aromatic carbocycles. The zero-order valence-electron chi connectivity index (χ0n) is 17.7. The Labute approximate surface area is 179 Å². The zero-order chi connectivity index (χ0) is 23.3. The molecule has 1 aromatic heterocycles. The molecule has 0 bridgehead atoms. The highest BCUT2D eigenvalue weighted by molar-refractivity contribution is 7.44. The summed E-state index contributed by atoms with van der Waals surface area (Å²) in [5.41, 5.74) is -1.71. The van der Waals surface area contributed by atoms with Crippen LogP contribution in [-0.4, -0.2) is 62.8 Å². The highest BCUT2D eigenvalue weighted by Crippen LogP contribution is 2.52. The van der Waals surface area contributed by atoms with Crippen molar-refractivity contribution < 1.29 is 27.7 Å². The number of hydrogen-bond donors (Lipinski definition) is 2. The fraction of sp³-hybridized carbons (Fsp3) is 0.722. The van der Waals surface area contributed by atoms with Crippen LogP contribution in [0.2, 0.25) is 0 Å². The Balaban J connectivity index is 2.38. The molecule has 0 amide bonds. The van der Waals surface area contributed by atoms with Crippen molar-refractivity contribution in [2.45, 2.75) is 70.6 Å². The van der Waals surface area contributed by atoms with Crippen molar-refractivity contribution in [3.8, 4) is 6.07 Å². The first-order valence-corrected chi connectivity index (χ1v) is 10.9. The normalized spacial score (nSPS) is 27.2. The third-order valence-electron chi connectivity index (χ3n) is 4.51. The Morgan fingerprint density at radius 2 is 2.06 bits per heavy atom. The van der Waals surface area contributed by atoms with Gasteiger partial charge in [0.1, 0.15) is 6.61 Å². The summed E-state index contributed by atoms with van der Waals surface area (Å²) in [6.45, 7) is 6.13. The first-order chi connectivity index (χ1) is 14.6. The SMILES string of the molecule is CC(C)N(C(C)C)P(OCCC#N)O[C@H]1[C@@H](F)C(n2ccc(=O)[nH]c2=O)O[C@]1(F)CO. The maximum atomic E-state index is 15.4. The van der Waals surface area contributed by atoms with E-state index in [0.717, 1.165) is 12.3 Å². The van der Waals surface area contributed by atoms with Gasteiger partial charge < -0.3 is 18.9 Å². The summed E-state index contributed by atoms with van der Waals surface area (Å²) < 4.78 is 49.6. The van der Waals surface area contributed by atoms with Crippen LogP contribution in [0.15, 0.2) is 21.9 Å². The number of aromatic nitrogens is 2. The number of halogens is 2. The van der Waals surface area contributed by atoms with Crippen molar-refractivity contribution in [3.05, 3.63) is 33.1 Å². The second-order valence-electron chi connectivity index (χ2n) is 7.49. The molecule has 1 fully saturated rings. The van der Waals surface area contributed by atoms with E-state index in [2.05, 4.69) is 0 Å². The predicted molar refractivity (Wildman–Crippen MR) is 107 cm³/mol. The molecule has 13 heteroatoms. The number of nitrogens with one attached hydrogen (secondary N) is 1. The lowest BCUT2D eigenvalue weighted by molar-refractivity contribution is -0.204. The molecule has 0 spiro atoms. The molecule has 1 aliphatic rings. The lowest BCUT2D eigenvalue weighted by atomic mass is 10.1. The van der Waals surface area contributed by atoms with Gasteiger partial charge in [-0.2, -0.15) is 5.26 Å². The summed E-state index contributed by atoms with van der Waals surface area (Å²) in [4.78, 5) is 25.3. The fourth-order valence-corrected chi connectivity index (χ4v) is 4.99. The van der Waals surface area contributed by atoms with Crippen LogP contribution < -0.4 is 11.2 Å². The molecule has 5 atom stereocenters. The summed E-state index contributed by atoms with van der Waals surface area (Å²) in [6, 6.07) is 2.62. The fourth-order valence-electron chi connectivity index (χ4n) is 3.21. The second-order valence-corrected chi connectivity index (χ2v) is 8.89. The Kier molecular flexibility index (Phi) is 8.83.